The molecule has 0 bridgehead atoms. The second-order valence-electron chi connectivity index (χ2n) is 8.15. The van der Waals surface area contributed by atoms with Crippen LogP contribution in [0.3, 0.4) is 0 Å². The van der Waals surface area contributed by atoms with Crippen LogP contribution in [0, 0.1) is 11.8 Å². The molecule has 2 N–H and O–H groups in total. The maximum Gasteiger partial charge on any atom is 0.306 e. The summed E-state index contributed by atoms with van der Waals surface area (Å²) in [4.78, 5) is 28.2. The van der Waals surface area contributed by atoms with E-state index in [9.17, 15) is 9.59 Å². The predicted molar refractivity (Wildman–Crippen MR) is 109 cm³/mol. The molecule has 2 atom stereocenters. The summed E-state index contributed by atoms with van der Waals surface area (Å²) in [6, 6.07) is 10.6. The summed E-state index contributed by atoms with van der Waals surface area (Å²) in [6.07, 6.45) is 3.89. The van der Waals surface area contributed by atoms with Gasteiger partial charge in [-0.1, -0.05) is 30.3 Å². The lowest BCUT2D eigenvalue weighted by Gasteiger charge is -2.34. The summed E-state index contributed by atoms with van der Waals surface area (Å²) in [5.74, 6) is -1.17. The van der Waals surface area contributed by atoms with Gasteiger partial charge in [-0.3, -0.25) is 14.5 Å². The van der Waals surface area contributed by atoms with Gasteiger partial charge in [0.15, 0.2) is 0 Å². The number of nitrogens with one attached hydrogen (secondary N) is 1. The van der Waals surface area contributed by atoms with Crippen molar-refractivity contribution in [2.75, 3.05) is 39.3 Å². The molecule has 2 aliphatic rings. The zero-order valence-corrected chi connectivity index (χ0v) is 16.7. The van der Waals surface area contributed by atoms with Crippen molar-refractivity contribution >= 4 is 11.9 Å². The molecule has 1 saturated carbocycles. The van der Waals surface area contributed by atoms with Crippen LogP contribution in [0.2, 0.25) is 0 Å². The average molecular weight is 388 g/mol. The highest BCUT2D eigenvalue weighted by atomic mass is 16.4. The number of carboxylic acids is 1. The Morgan fingerprint density at radius 2 is 1.64 bits per heavy atom. The standard InChI is InChI=1S/C22H33N3O3/c26-21(19-8-9-20(16-19)22(27)28)23-10-4-5-11-24-12-14-25(15-13-24)17-18-6-2-1-3-7-18/h1-3,6-7,19-20H,4-5,8-17H2,(H,23,26)(H,27,28). The summed E-state index contributed by atoms with van der Waals surface area (Å²) in [6.45, 7) is 7.25. The highest BCUT2D eigenvalue weighted by molar-refractivity contribution is 5.80. The molecule has 0 aromatic heterocycles. The van der Waals surface area contributed by atoms with E-state index < -0.39 is 5.97 Å². The van der Waals surface area contributed by atoms with Crippen LogP contribution >= 0.6 is 0 Å². The fraction of sp³-hybridized carbons (Fsp3) is 0.636. The van der Waals surface area contributed by atoms with Crippen molar-refractivity contribution in [1.29, 1.82) is 0 Å². The third-order valence-electron chi connectivity index (χ3n) is 6.07. The molecule has 6 nitrogen and oxygen atoms in total. The molecule has 3 rings (SSSR count). The molecular formula is C22H33N3O3. The Bertz CT molecular complexity index is 629. The molecule has 28 heavy (non-hydrogen) atoms. The van der Waals surface area contributed by atoms with Crippen LogP contribution in [0.15, 0.2) is 30.3 Å². The summed E-state index contributed by atoms with van der Waals surface area (Å²) < 4.78 is 0. The lowest BCUT2D eigenvalue weighted by molar-refractivity contribution is -0.141. The maximum atomic E-state index is 12.1. The number of hydrogen-bond acceptors (Lipinski definition) is 4. The number of hydrogen-bond donors (Lipinski definition) is 2. The van der Waals surface area contributed by atoms with E-state index >= 15 is 0 Å². The van der Waals surface area contributed by atoms with Gasteiger partial charge in [-0.15, -0.1) is 0 Å². The highest BCUT2D eigenvalue weighted by Gasteiger charge is 2.33. The second kappa shape index (κ2) is 10.6. The van der Waals surface area contributed by atoms with Crippen LogP contribution in [0.1, 0.15) is 37.7 Å². The van der Waals surface area contributed by atoms with Gasteiger partial charge >= 0.3 is 5.97 Å². The number of carbonyl (C=O) groups excluding carboxylic acids is 1. The minimum absolute atomic E-state index is 0.0401. The first kappa shape index (κ1) is 20.8. The van der Waals surface area contributed by atoms with Crippen LogP contribution in [-0.4, -0.2) is 66.1 Å². The first-order chi connectivity index (χ1) is 13.6. The van der Waals surface area contributed by atoms with Crippen molar-refractivity contribution < 1.29 is 14.7 Å². The fourth-order valence-corrected chi connectivity index (χ4v) is 4.27. The van der Waals surface area contributed by atoms with Crippen molar-refractivity contribution in [3.05, 3.63) is 35.9 Å². The number of amides is 1. The van der Waals surface area contributed by atoms with E-state index in [0.29, 0.717) is 25.8 Å². The molecule has 154 valence electrons. The number of aliphatic carboxylic acids is 1. The van der Waals surface area contributed by atoms with Crippen LogP contribution < -0.4 is 5.32 Å². The average Bonchev–Trinajstić information content (AvgIpc) is 3.20. The molecule has 0 spiro atoms. The van der Waals surface area contributed by atoms with Crippen molar-refractivity contribution in [1.82, 2.24) is 15.1 Å². The Balaban J connectivity index is 1.23. The zero-order valence-electron chi connectivity index (χ0n) is 16.7. The Morgan fingerprint density at radius 1 is 0.964 bits per heavy atom. The molecule has 1 heterocycles. The molecule has 1 aromatic rings. The molecule has 1 aliphatic carbocycles. The lowest BCUT2D eigenvalue weighted by atomic mass is 10.0. The molecule has 2 unspecified atom stereocenters. The number of benzene rings is 1. The quantitative estimate of drug-likeness (QED) is 0.636. The van der Waals surface area contributed by atoms with Crippen LogP contribution in [0.5, 0.6) is 0 Å². The van der Waals surface area contributed by atoms with Gasteiger partial charge in [0.2, 0.25) is 5.91 Å². The number of carbonyl (C=O) groups is 2. The van der Waals surface area contributed by atoms with E-state index in [1.165, 1.54) is 5.56 Å². The SMILES string of the molecule is O=C(O)C1CCC(C(=O)NCCCCN2CCN(Cc3ccccc3)CC2)C1. The molecule has 1 saturated heterocycles. The van der Waals surface area contributed by atoms with Gasteiger partial charge in [0, 0.05) is 45.2 Å². The van der Waals surface area contributed by atoms with Crippen LogP contribution in [0.4, 0.5) is 0 Å². The van der Waals surface area contributed by atoms with E-state index in [-0.39, 0.29) is 17.7 Å². The van der Waals surface area contributed by atoms with E-state index in [0.717, 1.165) is 52.1 Å². The van der Waals surface area contributed by atoms with Gasteiger partial charge in [-0.25, -0.2) is 0 Å². The Morgan fingerprint density at radius 3 is 2.32 bits per heavy atom. The van der Waals surface area contributed by atoms with Crippen LogP contribution in [-0.2, 0) is 16.1 Å². The molecule has 6 heteroatoms. The van der Waals surface area contributed by atoms with Crippen molar-refractivity contribution in [2.24, 2.45) is 11.8 Å². The minimum Gasteiger partial charge on any atom is -0.481 e. The molecular weight excluding hydrogens is 354 g/mol. The van der Waals surface area contributed by atoms with Gasteiger partial charge in [0.05, 0.1) is 5.92 Å². The number of piperazine rings is 1. The van der Waals surface area contributed by atoms with Crippen molar-refractivity contribution in [3.8, 4) is 0 Å². The van der Waals surface area contributed by atoms with Gasteiger partial charge in [-0.2, -0.15) is 0 Å². The van der Waals surface area contributed by atoms with Gasteiger partial charge in [-0.05, 0) is 44.2 Å². The third kappa shape index (κ3) is 6.31. The van der Waals surface area contributed by atoms with E-state index in [4.69, 9.17) is 5.11 Å². The molecule has 0 radical (unpaired) electrons. The van der Waals surface area contributed by atoms with Gasteiger partial charge < -0.3 is 15.3 Å². The van der Waals surface area contributed by atoms with E-state index in [2.05, 4.69) is 45.4 Å². The summed E-state index contributed by atoms with van der Waals surface area (Å²) in [5.41, 5.74) is 1.38. The van der Waals surface area contributed by atoms with E-state index in [1.807, 2.05) is 0 Å². The Kier molecular flexibility index (Phi) is 7.86. The number of rotatable bonds is 9. The van der Waals surface area contributed by atoms with Crippen molar-refractivity contribution in [2.45, 2.75) is 38.6 Å². The van der Waals surface area contributed by atoms with Crippen LogP contribution in [0.25, 0.3) is 0 Å². The summed E-state index contributed by atoms with van der Waals surface area (Å²) in [5, 5.41) is 12.0. The first-order valence-corrected chi connectivity index (χ1v) is 10.6. The molecule has 2 fully saturated rings. The minimum atomic E-state index is -0.765. The molecule has 1 aliphatic heterocycles. The molecule has 1 amide bonds. The monoisotopic (exact) mass is 387 g/mol. The van der Waals surface area contributed by atoms with Gasteiger partial charge in [0.25, 0.3) is 0 Å². The topological polar surface area (TPSA) is 72.9 Å². The largest absolute Gasteiger partial charge is 0.481 e. The Hall–Kier alpha value is -1.92. The molecule has 1 aromatic carbocycles. The van der Waals surface area contributed by atoms with Gasteiger partial charge in [0.1, 0.15) is 0 Å². The highest BCUT2D eigenvalue weighted by Crippen LogP contribution is 2.31. The first-order valence-electron chi connectivity index (χ1n) is 10.6. The normalized spacial score (nSPS) is 23.6. The second-order valence-corrected chi connectivity index (χ2v) is 8.15. The van der Waals surface area contributed by atoms with E-state index in [1.54, 1.807) is 0 Å². The van der Waals surface area contributed by atoms with Crippen molar-refractivity contribution in [3.63, 3.8) is 0 Å². The summed E-state index contributed by atoms with van der Waals surface area (Å²) in [7, 11) is 0. The Labute approximate surface area is 167 Å². The number of unbranched alkanes of at least 4 members (excludes halogenated alkanes) is 1. The number of carboxylic acid groups (broad SMARTS) is 1. The number of nitrogens with zero attached hydrogens (tertiary/aromatic N) is 2. The lowest BCUT2D eigenvalue weighted by Crippen LogP contribution is -2.46. The summed E-state index contributed by atoms with van der Waals surface area (Å²) >= 11 is 0. The smallest absolute Gasteiger partial charge is 0.306 e. The predicted octanol–water partition coefficient (Wildman–Crippen LogP) is 2.20. The maximum absolute atomic E-state index is 12.1. The zero-order chi connectivity index (χ0) is 19.8. The third-order valence-corrected chi connectivity index (χ3v) is 6.07. The fourth-order valence-electron chi connectivity index (χ4n) is 4.27.